The van der Waals surface area contributed by atoms with Gasteiger partial charge in [0.25, 0.3) is 6.71 Å². The van der Waals surface area contributed by atoms with Gasteiger partial charge in [0.1, 0.15) is 0 Å². The average molecular weight is 1020 g/mol. The maximum absolute atomic E-state index is 2.85. The second-order valence-corrected chi connectivity index (χ2v) is 28.8. The van der Waals surface area contributed by atoms with Crippen LogP contribution in [0.2, 0.25) is 0 Å². The van der Waals surface area contributed by atoms with Crippen molar-refractivity contribution in [3.8, 4) is 22.3 Å². The molecule has 0 spiro atoms. The molecule has 0 aromatic heterocycles. The van der Waals surface area contributed by atoms with E-state index in [-0.39, 0.29) is 39.3 Å². The van der Waals surface area contributed by atoms with E-state index in [1.807, 2.05) is 0 Å². The van der Waals surface area contributed by atoms with Crippen molar-refractivity contribution in [1.29, 1.82) is 0 Å². The smallest absolute Gasteiger partial charge is 0.252 e. The van der Waals surface area contributed by atoms with Crippen LogP contribution < -0.4 is 31.1 Å². The molecule has 3 aliphatic carbocycles. The van der Waals surface area contributed by atoms with Crippen LogP contribution in [0, 0.1) is 10.8 Å². The van der Waals surface area contributed by atoms with Crippen LogP contribution in [0.4, 0.5) is 45.5 Å². The van der Waals surface area contributed by atoms with Crippen molar-refractivity contribution in [3.05, 3.63) is 197 Å². The van der Waals surface area contributed by atoms with Gasteiger partial charge in [-0.3, -0.25) is 0 Å². The topological polar surface area (TPSA) is 9.72 Å². The minimum atomic E-state index is -0.174. The van der Waals surface area contributed by atoms with Crippen molar-refractivity contribution >= 4 is 68.6 Å². The number of nitrogens with zero attached hydrogens (tertiary/aromatic N) is 3. The zero-order valence-corrected chi connectivity index (χ0v) is 48.6. The van der Waals surface area contributed by atoms with Gasteiger partial charge in [0, 0.05) is 50.8 Å². The first-order valence-electron chi connectivity index (χ1n) is 29.5. The Kier molecular flexibility index (Phi) is 10.7. The van der Waals surface area contributed by atoms with Crippen molar-refractivity contribution in [2.75, 3.05) is 14.7 Å². The highest BCUT2D eigenvalue weighted by Gasteiger charge is 2.58. The van der Waals surface area contributed by atoms with E-state index in [1.54, 1.807) is 0 Å². The van der Waals surface area contributed by atoms with E-state index in [9.17, 15) is 0 Å². The molecule has 1 fully saturated rings. The first-order valence-corrected chi connectivity index (χ1v) is 29.5. The summed E-state index contributed by atoms with van der Waals surface area (Å²) in [6, 6.07) is 62.9. The van der Waals surface area contributed by atoms with Gasteiger partial charge in [-0.2, -0.15) is 0 Å². The van der Waals surface area contributed by atoms with Gasteiger partial charge in [-0.25, -0.2) is 0 Å². The molecule has 2 unspecified atom stereocenters. The van der Waals surface area contributed by atoms with Crippen molar-refractivity contribution in [3.63, 3.8) is 0 Å². The van der Waals surface area contributed by atoms with E-state index < -0.39 is 0 Å². The monoisotopic (exact) mass is 1020 g/mol. The lowest BCUT2D eigenvalue weighted by atomic mass is 9.33. The van der Waals surface area contributed by atoms with Gasteiger partial charge in [0.2, 0.25) is 0 Å². The molecule has 0 N–H and O–H groups in total. The van der Waals surface area contributed by atoms with E-state index >= 15 is 0 Å². The molecule has 3 aliphatic heterocycles. The first kappa shape index (κ1) is 49.5. The van der Waals surface area contributed by atoms with Gasteiger partial charge in [-0.05, 0) is 200 Å². The molecule has 392 valence electrons. The zero-order chi connectivity index (χ0) is 54.1. The summed E-state index contributed by atoms with van der Waals surface area (Å²) in [6.07, 6.45) is 9.12. The van der Waals surface area contributed by atoms with Gasteiger partial charge < -0.3 is 14.7 Å². The predicted octanol–water partition coefficient (Wildman–Crippen LogP) is 17.7. The summed E-state index contributed by atoms with van der Waals surface area (Å²) in [5.74, 6) is 0. The fourth-order valence-electron chi connectivity index (χ4n) is 15.8. The number of hydrogen-bond acceptors (Lipinski definition) is 3. The van der Waals surface area contributed by atoms with E-state index in [0.29, 0.717) is 0 Å². The Bertz CT molecular complexity index is 3780. The maximum Gasteiger partial charge on any atom is 0.252 e. The van der Waals surface area contributed by atoms with Gasteiger partial charge in [-0.15, -0.1) is 0 Å². The van der Waals surface area contributed by atoms with Gasteiger partial charge in [-0.1, -0.05) is 186 Å². The summed E-state index contributed by atoms with van der Waals surface area (Å²) in [7, 11) is 0. The Balaban J connectivity index is 1.12. The predicted molar refractivity (Wildman–Crippen MR) is 334 cm³/mol. The summed E-state index contributed by atoms with van der Waals surface area (Å²) in [4.78, 5) is 8.34. The molecular formula is C74H78BN3. The molecule has 4 heteroatoms. The fourth-order valence-corrected chi connectivity index (χ4v) is 15.8. The Morgan fingerprint density at radius 2 is 0.987 bits per heavy atom. The number of benzene rings is 8. The lowest BCUT2D eigenvalue weighted by Gasteiger charge is -2.51. The highest BCUT2D eigenvalue weighted by molar-refractivity contribution is 7.00. The van der Waals surface area contributed by atoms with Crippen LogP contribution in [-0.4, -0.2) is 12.3 Å². The number of fused-ring (bicyclic) bond motifs is 9. The molecule has 0 amide bonds. The van der Waals surface area contributed by atoms with E-state index in [2.05, 4.69) is 256 Å². The minimum Gasteiger partial charge on any atom is -0.334 e. The standard InChI is InChI=1S/C74H78BN3/c1-69(2,3)54-28-32-62(58(39-54)48-23-17-14-18-24-48)77-65-40-55(70(4,5)6)27-30-60(65)75-61-37-52-45-72(9,10)46-53(52)38-64(61)76(56-29-25-50-43-71(7,8)44-51(50)35-56)66-41-57(42-67(77)68(66)75)78-63-31-26-49(47-21-15-13-16-22-47)36-59(63)73(11)33-19-20-34-74(73,78)12/h13-18,21-32,35-42H,19-20,33-34,43-46H2,1-12H3. The molecule has 3 heterocycles. The van der Waals surface area contributed by atoms with E-state index in [1.165, 1.54) is 136 Å². The van der Waals surface area contributed by atoms with Crippen LogP contribution in [0.1, 0.15) is 148 Å². The lowest BCUT2D eigenvalue weighted by Crippen LogP contribution is -2.61. The van der Waals surface area contributed by atoms with E-state index in [0.717, 1.165) is 38.5 Å². The van der Waals surface area contributed by atoms with Crippen LogP contribution in [0.25, 0.3) is 22.3 Å². The van der Waals surface area contributed by atoms with Crippen LogP contribution in [-0.2, 0) is 41.9 Å². The Morgan fingerprint density at radius 3 is 1.68 bits per heavy atom. The average Bonchev–Trinajstić information content (AvgIpc) is 4.13. The summed E-state index contributed by atoms with van der Waals surface area (Å²) >= 11 is 0. The van der Waals surface area contributed by atoms with Gasteiger partial charge in [0.05, 0.1) is 11.2 Å². The highest BCUT2D eigenvalue weighted by Crippen LogP contribution is 2.63. The summed E-state index contributed by atoms with van der Waals surface area (Å²) in [6.45, 7) is 29.3. The summed E-state index contributed by atoms with van der Waals surface area (Å²) < 4.78 is 0. The minimum absolute atomic E-state index is 0.0155. The fraction of sp³-hybridized carbons (Fsp3) is 0.351. The molecule has 14 rings (SSSR count). The van der Waals surface area contributed by atoms with E-state index in [4.69, 9.17) is 0 Å². The number of anilines is 8. The van der Waals surface area contributed by atoms with Crippen molar-refractivity contribution in [2.24, 2.45) is 10.8 Å². The lowest BCUT2D eigenvalue weighted by molar-refractivity contribution is 0.195. The molecule has 8 aromatic carbocycles. The summed E-state index contributed by atoms with van der Waals surface area (Å²) in [5.41, 5.74) is 29.9. The van der Waals surface area contributed by atoms with Gasteiger partial charge >= 0.3 is 0 Å². The third kappa shape index (κ3) is 7.50. The molecule has 0 saturated heterocycles. The van der Waals surface area contributed by atoms with Crippen molar-refractivity contribution < 1.29 is 0 Å². The second kappa shape index (κ2) is 16.9. The molecule has 3 nitrogen and oxygen atoms in total. The highest BCUT2D eigenvalue weighted by atomic mass is 15.3. The maximum atomic E-state index is 2.85. The normalized spacial score (nSPS) is 21.1. The number of hydrogen-bond donors (Lipinski definition) is 0. The summed E-state index contributed by atoms with van der Waals surface area (Å²) in [5, 5.41) is 0. The van der Waals surface area contributed by atoms with Crippen LogP contribution >= 0.6 is 0 Å². The molecule has 1 saturated carbocycles. The molecule has 0 bridgehead atoms. The van der Waals surface area contributed by atoms with Crippen LogP contribution in [0.15, 0.2) is 158 Å². The largest absolute Gasteiger partial charge is 0.334 e. The van der Waals surface area contributed by atoms with Crippen molar-refractivity contribution in [1.82, 2.24) is 0 Å². The third-order valence-electron chi connectivity index (χ3n) is 20.0. The number of rotatable bonds is 5. The quantitative estimate of drug-likeness (QED) is 0.159. The molecule has 2 atom stereocenters. The SMILES string of the molecule is CC1(C)Cc2ccc(N3c4cc5c(cc4B4c6ccc(C(C)(C)C)cc6N(c6ccc(C(C)(C)C)cc6-c6ccccc6)c6cc(N7c8ccc(-c9ccccc9)cc8C8(C)CCCCC78C)cc3c64)CC(C)(C)C5)cc2C1. The second-order valence-electron chi connectivity index (χ2n) is 28.8. The van der Waals surface area contributed by atoms with Crippen LogP contribution in [0.3, 0.4) is 0 Å². The van der Waals surface area contributed by atoms with Gasteiger partial charge in [0.15, 0.2) is 0 Å². The molecule has 8 aromatic rings. The Labute approximate surface area is 466 Å². The third-order valence-corrected chi connectivity index (χ3v) is 20.0. The molecular weight excluding hydrogens is 942 g/mol. The van der Waals surface area contributed by atoms with Crippen LogP contribution in [0.5, 0.6) is 0 Å². The molecule has 0 radical (unpaired) electrons. The zero-order valence-electron chi connectivity index (χ0n) is 48.6. The Morgan fingerprint density at radius 1 is 0.410 bits per heavy atom. The first-order chi connectivity index (χ1) is 37.1. The molecule has 78 heavy (non-hydrogen) atoms. The Hall–Kier alpha value is -6.78. The molecule has 6 aliphatic rings. The van der Waals surface area contributed by atoms with Crippen molar-refractivity contribution in [2.45, 2.75) is 156 Å².